The fourth-order valence-corrected chi connectivity index (χ4v) is 2.52. The molecule has 2 aromatic carbocycles. The van der Waals surface area contributed by atoms with Gasteiger partial charge in [0.15, 0.2) is 5.78 Å². The van der Waals surface area contributed by atoms with Crippen molar-refractivity contribution >= 4 is 11.6 Å². The molecule has 0 unspecified atom stereocenters. The number of hydrogen-bond donors (Lipinski definition) is 1. The van der Waals surface area contributed by atoms with E-state index in [1.54, 1.807) is 0 Å². The van der Waals surface area contributed by atoms with Crippen LogP contribution in [0.1, 0.15) is 31.8 Å². The van der Waals surface area contributed by atoms with E-state index in [1.807, 2.05) is 0 Å². The lowest BCUT2D eigenvalue weighted by Gasteiger charge is -2.21. The second-order valence-electron chi connectivity index (χ2n) is 4.61. The lowest BCUT2D eigenvalue weighted by molar-refractivity contribution is 0.0973. The van der Waals surface area contributed by atoms with Gasteiger partial charge in [-0.15, -0.1) is 0 Å². The maximum atomic E-state index is 12.6. The first-order valence-corrected chi connectivity index (χ1v) is 6.26. The molecule has 0 atom stereocenters. The Bertz CT molecular complexity index is 776. The Balaban J connectivity index is 2.35. The Morgan fingerprint density at radius 3 is 2.33 bits per heavy atom. The number of aromatic hydroxyl groups is 1. The number of rotatable bonds is 2. The van der Waals surface area contributed by atoms with Gasteiger partial charge in [-0.2, -0.15) is 0 Å². The number of hydrogen-bond acceptors (Lipinski definition) is 5. The fourth-order valence-electron chi connectivity index (χ4n) is 2.52. The Morgan fingerprint density at radius 1 is 0.905 bits per heavy atom. The zero-order valence-electron chi connectivity index (χ0n) is 11.5. The van der Waals surface area contributed by atoms with E-state index in [4.69, 9.17) is 9.47 Å². The van der Waals surface area contributed by atoms with Gasteiger partial charge < -0.3 is 14.6 Å². The molecule has 0 saturated heterocycles. The van der Waals surface area contributed by atoms with E-state index in [0.717, 1.165) is 0 Å². The molecule has 1 aliphatic rings. The predicted molar refractivity (Wildman–Crippen MR) is 74.5 cm³/mol. The zero-order chi connectivity index (χ0) is 15.1. The maximum absolute atomic E-state index is 12.6. The van der Waals surface area contributed by atoms with Gasteiger partial charge in [-0.1, -0.05) is 12.1 Å². The highest BCUT2D eigenvalue weighted by Crippen LogP contribution is 2.38. The van der Waals surface area contributed by atoms with E-state index in [0.29, 0.717) is 5.75 Å². The van der Waals surface area contributed by atoms with Gasteiger partial charge >= 0.3 is 0 Å². The zero-order valence-corrected chi connectivity index (χ0v) is 11.5. The summed E-state index contributed by atoms with van der Waals surface area (Å²) < 4.78 is 10.3. The number of phenols is 1. The van der Waals surface area contributed by atoms with Gasteiger partial charge in [0, 0.05) is 17.2 Å². The SMILES string of the molecule is COc1cc(OC)c2c(c1)C(=O)c1cccc(O)c1C2=O. The molecule has 0 bridgehead atoms. The van der Waals surface area contributed by atoms with Gasteiger partial charge in [0.1, 0.15) is 17.2 Å². The summed E-state index contributed by atoms with van der Waals surface area (Å²) in [4.78, 5) is 25.2. The molecule has 5 heteroatoms. The topological polar surface area (TPSA) is 72.8 Å². The lowest BCUT2D eigenvalue weighted by Crippen LogP contribution is -2.22. The minimum atomic E-state index is -0.433. The van der Waals surface area contributed by atoms with Crippen molar-refractivity contribution in [3.8, 4) is 17.2 Å². The second kappa shape index (κ2) is 4.63. The third kappa shape index (κ3) is 1.78. The molecule has 21 heavy (non-hydrogen) atoms. The van der Waals surface area contributed by atoms with Crippen LogP contribution in [-0.4, -0.2) is 30.9 Å². The standard InChI is InChI=1S/C16H12O5/c1-20-8-6-10-14(12(7-8)21-2)16(19)13-9(15(10)18)4-3-5-11(13)17/h3-7,17H,1-2H3. The van der Waals surface area contributed by atoms with Gasteiger partial charge in [0.2, 0.25) is 5.78 Å². The van der Waals surface area contributed by atoms with Crippen molar-refractivity contribution in [2.24, 2.45) is 0 Å². The highest BCUT2D eigenvalue weighted by molar-refractivity contribution is 6.30. The van der Waals surface area contributed by atoms with E-state index < -0.39 is 5.78 Å². The van der Waals surface area contributed by atoms with E-state index in [2.05, 4.69) is 0 Å². The van der Waals surface area contributed by atoms with Gasteiger partial charge in [-0.25, -0.2) is 0 Å². The Hall–Kier alpha value is -2.82. The summed E-state index contributed by atoms with van der Waals surface area (Å²) in [5, 5.41) is 9.90. The third-order valence-corrected chi connectivity index (χ3v) is 3.52. The van der Waals surface area contributed by atoms with E-state index in [9.17, 15) is 14.7 Å². The molecule has 0 heterocycles. The lowest BCUT2D eigenvalue weighted by atomic mass is 9.83. The predicted octanol–water partition coefficient (Wildman–Crippen LogP) is 2.18. The molecular formula is C16H12O5. The van der Waals surface area contributed by atoms with E-state index in [1.165, 1.54) is 44.6 Å². The van der Waals surface area contributed by atoms with Crippen LogP contribution in [0.25, 0.3) is 0 Å². The largest absolute Gasteiger partial charge is 0.507 e. The van der Waals surface area contributed by atoms with Crippen molar-refractivity contribution in [2.75, 3.05) is 14.2 Å². The van der Waals surface area contributed by atoms with Crippen LogP contribution in [0.3, 0.4) is 0 Å². The van der Waals surface area contributed by atoms with Crippen molar-refractivity contribution in [1.29, 1.82) is 0 Å². The Kier molecular flexibility index (Phi) is 2.90. The molecular weight excluding hydrogens is 272 g/mol. The molecule has 3 rings (SSSR count). The summed E-state index contributed by atoms with van der Waals surface area (Å²) >= 11 is 0. The summed E-state index contributed by atoms with van der Waals surface area (Å²) in [6.45, 7) is 0. The molecule has 0 radical (unpaired) electrons. The van der Waals surface area contributed by atoms with Crippen LogP contribution in [0, 0.1) is 0 Å². The Labute approximate surface area is 120 Å². The molecule has 0 saturated carbocycles. The molecule has 0 fully saturated rings. The Morgan fingerprint density at radius 2 is 1.67 bits per heavy atom. The van der Waals surface area contributed by atoms with Crippen LogP contribution in [0.2, 0.25) is 0 Å². The summed E-state index contributed by atoms with van der Waals surface area (Å²) in [6.07, 6.45) is 0. The van der Waals surface area contributed by atoms with Gasteiger partial charge in [-0.05, 0) is 12.1 Å². The average Bonchev–Trinajstić information content (AvgIpc) is 2.51. The average molecular weight is 284 g/mol. The van der Waals surface area contributed by atoms with Crippen molar-refractivity contribution in [1.82, 2.24) is 0 Å². The normalized spacial score (nSPS) is 12.7. The molecule has 106 valence electrons. The molecule has 1 aliphatic carbocycles. The molecule has 0 aliphatic heterocycles. The maximum Gasteiger partial charge on any atom is 0.201 e. The van der Waals surface area contributed by atoms with Gasteiger partial charge in [0.05, 0.1) is 25.3 Å². The van der Waals surface area contributed by atoms with Crippen molar-refractivity contribution in [3.05, 3.63) is 52.6 Å². The quantitative estimate of drug-likeness (QED) is 0.781. The number of ketones is 2. The number of benzene rings is 2. The van der Waals surface area contributed by atoms with Crippen LogP contribution in [0.4, 0.5) is 0 Å². The first kappa shape index (κ1) is 13.2. The van der Waals surface area contributed by atoms with Crippen molar-refractivity contribution < 1.29 is 24.2 Å². The summed E-state index contributed by atoms with van der Waals surface area (Å²) in [5.74, 6) is -0.314. The highest BCUT2D eigenvalue weighted by atomic mass is 16.5. The minimum Gasteiger partial charge on any atom is -0.507 e. The van der Waals surface area contributed by atoms with E-state index in [-0.39, 0.29) is 39.5 Å². The van der Waals surface area contributed by atoms with Crippen molar-refractivity contribution in [3.63, 3.8) is 0 Å². The number of ether oxygens (including phenoxy) is 2. The van der Waals surface area contributed by atoms with Crippen LogP contribution >= 0.6 is 0 Å². The van der Waals surface area contributed by atoms with Gasteiger partial charge in [-0.3, -0.25) is 9.59 Å². The first-order chi connectivity index (χ1) is 10.1. The smallest absolute Gasteiger partial charge is 0.201 e. The van der Waals surface area contributed by atoms with Crippen LogP contribution in [-0.2, 0) is 0 Å². The molecule has 5 nitrogen and oxygen atoms in total. The monoisotopic (exact) mass is 284 g/mol. The number of carbonyl (C=O) groups excluding carboxylic acids is 2. The fraction of sp³-hybridized carbons (Fsp3) is 0.125. The molecule has 0 aromatic heterocycles. The van der Waals surface area contributed by atoms with Crippen molar-refractivity contribution in [2.45, 2.75) is 0 Å². The third-order valence-electron chi connectivity index (χ3n) is 3.52. The summed E-state index contributed by atoms with van der Waals surface area (Å²) in [6, 6.07) is 7.47. The number of carbonyl (C=O) groups is 2. The number of fused-ring (bicyclic) bond motifs is 2. The molecule has 2 aromatic rings. The number of methoxy groups -OCH3 is 2. The minimum absolute atomic E-state index is 0.0125. The number of phenolic OH excluding ortho intramolecular Hbond substituents is 1. The summed E-state index contributed by atoms with van der Waals surface area (Å²) in [5.41, 5.74) is 0.563. The highest BCUT2D eigenvalue weighted by Gasteiger charge is 2.34. The molecule has 1 N–H and O–H groups in total. The van der Waals surface area contributed by atoms with Crippen LogP contribution in [0.5, 0.6) is 17.2 Å². The van der Waals surface area contributed by atoms with E-state index >= 15 is 0 Å². The van der Waals surface area contributed by atoms with Gasteiger partial charge in [0.25, 0.3) is 0 Å². The first-order valence-electron chi connectivity index (χ1n) is 6.26. The second-order valence-corrected chi connectivity index (χ2v) is 4.61. The van der Waals surface area contributed by atoms with Crippen LogP contribution in [0.15, 0.2) is 30.3 Å². The molecule has 0 spiro atoms. The summed E-state index contributed by atoms with van der Waals surface area (Å²) in [7, 11) is 2.88. The van der Waals surface area contributed by atoms with Crippen LogP contribution < -0.4 is 9.47 Å². The molecule has 0 amide bonds.